The molecule has 2 rings (SSSR count). The third-order valence-electron chi connectivity index (χ3n) is 2.40. The highest BCUT2D eigenvalue weighted by molar-refractivity contribution is 5.88. The molecule has 4 nitrogen and oxygen atoms in total. The minimum atomic E-state index is 0.388. The van der Waals surface area contributed by atoms with Crippen LogP contribution >= 0.6 is 0 Å². The van der Waals surface area contributed by atoms with E-state index in [-0.39, 0.29) is 0 Å². The van der Waals surface area contributed by atoms with Crippen molar-refractivity contribution in [3.8, 4) is 0 Å². The van der Waals surface area contributed by atoms with Gasteiger partial charge >= 0.3 is 0 Å². The van der Waals surface area contributed by atoms with Gasteiger partial charge in [0.25, 0.3) is 0 Å². The van der Waals surface area contributed by atoms with E-state index in [1.54, 1.807) is 13.3 Å². The number of methoxy groups -OCH3 is 1. The number of hydrogen-bond acceptors (Lipinski definition) is 4. The first-order valence-corrected chi connectivity index (χ1v) is 5.71. The van der Waals surface area contributed by atoms with Crippen molar-refractivity contribution >= 4 is 16.7 Å². The summed E-state index contributed by atoms with van der Waals surface area (Å²) in [6.45, 7) is 4.73. The Kier molecular flexibility index (Phi) is 3.54. The molecule has 0 spiro atoms. The average Bonchev–Trinajstić information content (AvgIpc) is 2.29. The number of ether oxygens (including phenoxy) is 1. The molecule has 0 aliphatic carbocycles. The summed E-state index contributed by atoms with van der Waals surface area (Å²) < 4.78 is 5.07. The number of hydrogen-bond donors (Lipinski definition) is 1. The molecule has 0 aromatic carbocycles. The standard InChI is InChI=1S/C13H17N3O/c1-9(2)15-12-6-7-14-13-11(12)5-4-10(16-13)8-17-3/h4-7,9H,8H2,1-3H3,(H,14,15,16). The Hall–Kier alpha value is -1.68. The molecular weight excluding hydrogens is 214 g/mol. The van der Waals surface area contributed by atoms with E-state index in [0.29, 0.717) is 12.6 Å². The van der Waals surface area contributed by atoms with Crippen LogP contribution in [-0.4, -0.2) is 23.1 Å². The van der Waals surface area contributed by atoms with Crippen LogP contribution < -0.4 is 5.32 Å². The van der Waals surface area contributed by atoms with E-state index in [1.807, 2.05) is 18.2 Å². The van der Waals surface area contributed by atoms with Gasteiger partial charge in [0.15, 0.2) is 5.65 Å². The summed E-state index contributed by atoms with van der Waals surface area (Å²) in [7, 11) is 1.66. The van der Waals surface area contributed by atoms with E-state index in [1.165, 1.54) is 0 Å². The van der Waals surface area contributed by atoms with Crippen LogP contribution in [0.5, 0.6) is 0 Å². The summed E-state index contributed by atoms with van der Waals surface area (Å²) >= 11 is 0. The van der Waals surface area contributed by atoms with Crippen molar-refractivity contribution in [2.24, 2.45) is 0 Å². The van der Waals surface area contributed by atoms with Crippen LogP contribution in [0, 0.1) is 0 Å². The summed E-state index contributed by atoms with van der Waals surface area (Å²) in [4.78, 5) is 8.74. The van der Waals surface area contributed by atoms with E-state index >= 15 is 0 Å². The van der Waals surface area contributed by atoms with Gasteiger partial charge in [-0.3, -0.25) is 0 Å². The van der Waals surface area contributed by atoms with E-state index < -0.39 is 0 Å². The average molecular weight is 231 g/mol. The minimum Gasteiger partial charge on any atom is -0.382 e. The van der Waals surface area contributed by atoms with Crippen LogP contribution in [0.15, 0.2) is 24.4 Å². The smallest absolute Gasteiger partial charge is 0.161 e. The lowest BCUT2D eigenvalue weighted by Gasteiger charge is -2.12. The lowest BCUT2D eigenvalue weighted by atomic mass is 10.2. The third-order valence-corrected chi connectivity index (χ3v) is 2.40. The molecule has 0 aliphatic heterocycles. The van der Waals surface area contributed by atoms with Gasteiger partial charge in [0.2, 0.25) is 0 Å². The van der Waals surface area contributed by atoms with Gasteiger partial charge in [-0.1, -0.05) is 0 Å². The van der Waals surface area contributed by atoms with Gasteiger partial charge in [-0.2, -0.15) is 0 Å². The van der Waals surface area contributed by atoms with Gasteiger partial charge in [-0.05, 0) is 32.0 Å². The quantitative estimate of drug-likeness (QED) is 0.878. The molecule has 0 bridgehead atoms. The molecular formula is C13H17N3O. The first-order chi connectivity index (χ1) is 8.20. The molecule has 0 atom stereocenters. The van der Waals surface area contributed by atoms with Crippen LogP contribution in [0.4, 0.5) is 5.69 Å². The van der Waals surface area contributed by atoms with Gasteiger partial charge in [-0.15, -0.1) is 0 Å². The normalized spacial score (nSPS) is 11.1. The minimum absolute atomic E-state index is 0.388. The second-order valence-electron chi connectivity index (χ2n) is 4.26. The molecule has 0 saturated heterocycles. The zero-order valence-corrected chi connectivity index (χ0v) is 10.4. The van der Waals surface area contributed by atoms with E-state index in [9.17, 15) is 0 Å². The van der Waals surface area contributed by atoms with Gasteiger partial charge in [-0.25, -0.2) is 9.97 Å². The maximum atomic E-state index is 5.07. The highest BCUT2D eigenvalue weighted by Gasteiger charge is 2.05. The Morgan fingerprint density at radius 3 is 2.82 bits per heavy atom. The zero-order valence-electron chi connectivity index (χ0n) is 10.4. The highest BCUT2D eigenvalue weighted by atomic mass is 16.5. The molecule has 0 amide bonds. The number of aromatic nitrogens is 2. The molecule has 2 aromatic heterocycles. The third kappa shape index (κ3) is 2.71. The predicted molar refractivity (Wildman–Crippen MR) is 69.0 cm³/mol. The van der Waals surface area contributed by atoms with E-state index in [4.69, 9.17) is 4.74 Å². The van der Waals surface area contributed by atoms with E-state index in [2.05, 4.69) is 29.1 Å². The molecule has 2 heterocycles. The number of rotatable bonds is 4. The molecule has 17 heavy (non-hydrogen) atoms. The Bertz CT molecular complexity index is 511. The molecule has 2 aromatic rings. The summed E-state index contributed by atoms with van der Waals surface area (Å²) in [5.74, 6) is 0. The summed E-state index contributed by atoms with van der Waals surface area (Å²) in [5, 5.41) is 4.43. The van der Waals surface area contributed by atoms with Crippen LogP contribution in [0.2, 0.25) is 0 Å². The Morgan fingerprint density at radius 2 is 2.12 bits per heavy atom. The first kappa shape index (κ1) is 11.8. The molecule has 0 aliphatic rings. The Labute approximate surface area is 101 Å². The molecule has 0 radical (unpaired) electrons. The van der Waals surface area contributed by atoms with Crippen molar-refractivity contribution in [3.05, 3.63) is 30.1 Å². The Balaban J connectivity index is 2.43. The fourth-order valence-corrected chi connectivity index (χ4v) is 1.73. The molecule has 90 valence electrons. The molecule has 0 unspecified atom stereocenters. The first-order valence-electron chi connectivity index (χ1n) is 5.71. The number of fused-ring (bicyclic) bond motifs is 1. The largest absolute Gasteiger partial charge is 0.382 e. The summed E-state index contributed by atoms with van der Waals surface area (Å²) in [5.41, 5.74) is 2.72. The SMILES string of the molecule is COCc1ccc2c(NC(C)C)ccnc2n1. The highest BCUT2D eigenvalue weighted by Crippen LogP contribution is 2.21. The topological polar surface area (TPSA) is 47.0 Å². The fraction of sp³-hybridized carbons (Fsp3) is 0.385. The van der Waals surface area contributed by atoms with E-state index in [0.717, 1.165) is 22.4 Å². The molecule has 1 N–H and O–H groups in total. The summed E-state index contributed by atoms with van der Waals surface area (Å²) in [6, 6.07) is 6.37. The fourth-order valence-electron chi connectivity index (χ4n) is 1.73. The molecule has 0 fully saturated rings. The van der Waals surface area contributed by atoms with Crippen molar-refractivity contribution < 1.29 is 4.74 Å². The zero-order chi connectivity index (χ0) is 12.3. The molecule has 0 saturated carbocycles. The second kappa shape index (κ2) is 5.10. The maximum Gasteiger partial charge on any atom is 0.161 e. The van der Waals surface area contributed by atoms with Crippen molar-refractivity contribution in [3.63, 3.8) is 0 Å². The number of anilines is 1. The van der Waals surface area contributed by atoms with Gasteiger partial charge < -0.3 is 10.1 Å². The van der Waals surface area contributed by atoms with Gasteiger partial charge in [0, 0.05) is 30.4 Å². The predicted octanol–water partition coefficient (Wildman–Crippen LogP) is 2.60. The maximum absolute atomic E-state index is 5.07. The number of pyridine rings is 2. The van der Waals surface area contributed by atoms with Crippen molar-refractivity contribution in [2.45, 2.75) is 26.5 Å². The Morgan fingerprint density at radius 1 is 1.29 bits per heavy atom. The van der Waals surface area contributed by atoms with Crippen LogP contribution in [0.3, 0.4) is 0 Å². The van der Waals surface area contributed by atoms with Gasteiger partial charge in [0.05, 0.1) is 12.3 Å². The van der Waals surface area contributed by atoms with Gasteiger partial charge in [0.1, 0.15) is 0 Å². The number of nitrogens with zero attached hydrogens (tertiary/aromatic N) is 2. The van der Waals surface area contributed by atoms with Crippen molar-refractivity contribution in [1.82, 2.24) is 9.97 Å². The van der Waals surface area contributed by atoms with Crippen molar-refractivity contribution in [2.75, 3.05) is 12.4 Å². The second-order valence-corrected chi connectivity index (χ2v) is 4.26. The van der Waals surface area contributed by atoms with Crippen molar-refractivity contribution in [1.29, 1.82) is 0 Å². The summed E-state index contributed by atoms with van der Waals surface area (Å²) in [6.07, 6.45) is 1.77. The van der Waals surface area contributed by atoms with Crippen LogP contribution in [0.25, 0.3) is 11.0 Å². The van der Waals surface area contributed by atoms with Crippen LogP contribution in [0.1, 0.15) is 19.5 Å². The molecule has 4 heteroatoms. The monoisotopic (exact) mass is 231 g/mol. The lowest BCUT2D eigenvalue weighted by molar-refractivity contribution is 0.182. The lowest BCUT2D eigenvalue weighted by Crippen LogP contribution is -2.10. The number of nitrogens with one attached hydrogen (secondary N) is 1. The van der Waals surface area contributed by atoms with Crippen LogP contribution in [-0.2, 0) is 11.3 Å².